The minimum absolute atomic E-state index is 0.154. The van der Waals surface area contributed by atoms with Gasteiger partial charge in [0.05, 0.1) is 13.3 Å². The zero-order valence-corrected chi connectivity index (χ0v) is 13.6. The van der Waals surface area contributed by atoms with Gasteiger partial charge in [-0.2, -0.15) is 13.5 Å². The second-order valence-corrected chi connectivity index (χ2v) is 6.65. The maximum absolute atomic E-state index is 12.3. The van der Waals surface area contributed by atoms with E-state index in [0.29, 0.717) is 5.69 Å². The maximum Gasteiger partial charge on any atom is 0.342 e. The first kappa shape index (κ1) is 15.5. The van der Waals surface area contributed by atoms with Gasteiger partial charge in [0.2, 0.25) is 0 Å². The number of esters is 1. The number of aromatic nitrogens is 2. The average Bonchev–Trinajstić information content (AvgIpc) is 2.92. The molecule has 0 amide bonds. The number of aromatic amines is 1. The summed E-state index contributed by atoms with van der Waals surface area (Å²) >= 11 is 3.33. The van der Waals surface area contributed by atoms with Crippen LogP contribution in [-0.2, 0) is 14.8 Å². The van der Waals surface area contributed by atoms with Gasteiger partial charge in [-0.05, 0) is 30.7 Å². The van der Waals surface area contributed by atoms with Gasteiger partial charge in [-0.3, -0.25) is 9.82 Å². The van der Waals surface area contributed by atoms with E-state index >= 15 is 0 Å². The van der Waals surface area contributed by atoms with Crippen molar-refractivity contribution in [3.63, 3.8) is 0 Å². The Bertz CT molecular complexity index is 786. The highest BCUT2D eigenvalue weighted by atomic mass is 79.9. The molecule has 0 unspecified atom stereocenters. The number of carbonyl (C=O) groups excluding carboxylic acids is 1. The first-order valence-corrected chi connectivity index (χ1v) is 8.03. The van der Waals surface area contributed by atoms with Gasteiger partial charge >= 0.3 is 5.97 Å². The monoisotopic (exact) mass is 373 g/mol. The molecule has 9 heteroatoms. The molecule has 1 aromatic carbocycles. The molecule has 2 aromatic rings. The molecule has 1 aromatic heterocycles. The molecule has 0 radical (unpaired) electrons. The fourth-order valence-electron chi connectivity index (χ4n) is 1.65. The van der Waals surface area contributed by atoms with Crippen molar-refractivity contribution < 1.29 is 17.9 Å². The SMILES string of the molecule is COC(=O)c1cn[nH]c1S(=O)(=O)Nc1ccc(Br)c(C)c1. The Morgan fingerprint density at radius 2 is 2.14 bits per heavy atom. The van der Waals surface area contributed by atoms with Gasteiger partial charge in [-0.15, -0.1) is 0 Å². The smallest absolute Gasteiger partial charge is 0.342 e. The molecule has 0 aliphatic rings. The Morgan fingerprint density at radius 1 is 1.43 bits per heavy atom. The summed E-state index contributed by atoms with van der Waals surface area (Å²) in [6.45, 7) is 1.83. The zero-order valence-electron chi connectivity index (χ0n) is 11.2. The van der Waals surface area contributed by atoms with Gasteiger partial charge < -0.3 is 4.74 Å². The number of sulfonamides is 1. The number of hydrogen-bond donors (Lipinski definition) is 2. The molecule has 0 fully saturated rings. The quantitative estimate of drug-likeness (QED) is 0.798. The molecule has 2 rings (SSSR count). The predicted octanol–water partition coefficient (Wildman–Crippen LogP) is 2.07. The lowest BCUT2D eigenvalue weighted by Gasteiger charge is -2.09. The number of carbonyl (C=O) groups is 1. The number of rotatable bonds is 4. The Hall–Kier alpha value is -1.87. The summed E-state index contributed by atoms with van der Waals surface area (Å²) in [6, 6.07) is 4.99. The molecule has 1 heterocycles. The third-order valence-corrected chi connectivity index (χ3v) is 4.93. The molecule has 0 aliphatic carbocycles. The topological polar surface area (TPSA) is 101 Å². The van der Waals surface area contributed by atoms with Crippen LogP contribution in [0.3, 0.4) is 0 Å². The number of aryl methyl sites for hydroxylation is 1. The summed E-state index contributed by atoms with van der Waals surface area (Å²) in [5.74, 6) is -0.781. The van der Waals surface area contributed by atoms with Crippen LogP contribution in [0, 0.1) is 6.92 Å². The fourth-order valence-corrected chi connectivity index (χ4v) is 3.03. The minimum atomic E-state index is -3.97. The molecule has 7 nitrogen and oxygen atoms in total. The van der Waals surface area contributed by atoms with Crippen LogP contribution < -0.4 is 4.72 Å². The first-order valence-electron chi connectivity index (χ1n) is 5.76. The Morgan fingerprint density at radius 3 is 2.76 bits per heavy atom. The van der Waals surface area contributed by atoms with E-state index in [4.69, 9.17) is 0 Å². The number of ether oxygens (including phenoxy) is 1. The van der Waals surface area contributed by atoms with Gasteiger partial charge in [0.15, 0.2) is 5.03 Å². The first-order chi connectivity index (χ1) is 9.85. The van der Waals surface area contributed by atoms with Gasteiger partial charge in [0.25, 0.3) is 10.0 Å². The second-order valence-electron chi connectivity index (χ2n) is 4.17. The molecule has 0 atom stereocenters. The molecule has 0 saturated heterocycles. The summed E-state index contributed by atoms with van der Waals surface area (Å²) in [4.78, 5) is 11.5. The van der Waals surface area contributed by atoms with E-state index in [9.17, 15) is 13.2 Å². The van der Waals surface area contributed by atoms with Crippen LogP contribution in [-0.4, -0.2) is 31.7 Å². The normalized spacial score (nSPS) is 11.2. The van der Waals surface area contributed by atoms with Gasteiger partial charge in [-0.1, -0.05) is 15.9 Å². The lowest BCUT2D eigenvalue weighted by Crippen LogP contribution is -2.17. The Kier molecular flexibility index (Phi) is 4.33. The third-order valence-electron chi connectivity index (χ3n) is 2.69. The summed E-state index contributed by atoms with van der Waals surface area (Å²) in [5, 5.41) is 5.54. The van der Waals surface area contributed by atoms with E-state index in [1.54, 1.807) is 18.2 Å². The van der Waals surface area contributed by atoms with Crippen LogP contribution in [0.15, 0.2) is 33.9 Å². The molecule has 0 spiro atoms. The Balaban J connectivity index is 2.37. The minimum Gasteiger partial charge on any atom is -0.465 e. The van der Waals surface area contributed by atoms with E-state index in [2.05, 4.69) is 35.6 Å². The van der Waals surface area contributed by atoms with Crippen LogP contribution in [0.5, 0.6) is 0 Å². The molecule has 112 valence electrons. The highest BCUT2D eigenvalue weighted by molar-refractivity contribution is 9.10. The zero-order chi connectivity index (χ0) is 15.6. The van der Waals surface area contributed by atoms with Crippen molar-refractivity contribution in [1.82, 2.24) is 10.2 Å². The van der Waals surface area contributed by atoms with Gasteiger partial charge in [-0.25, -0.2) is 4.79 Å². The molecular formula is C12H12BrN3O4S. The van der Waals surface area contributed by atoms with E-state index in [1.165, 1.54) is 0 Å². The van der Waals surface area contributed by atoms with Gasteiger partial charge in [0.1, 0.15) is 5.56 Å². The molecule has 2 N–H and O–H groups in total. The average molecular weight is 374 g/mol. The standard InChI is InChI=1S/C12H12BrN3O4S/c1-7-5-8(3-4-10(7)13)16-21(18,19)11-9(6-14-15-11)12(17)20-2/h3-6,16H,1-2H3,(H,14,15). The van der Waals surface area contributed by atoms with Crippen molar-refractivity contribution >= 4 is 37.6 Å². The highest BCUT2D eigenvalue weighted by Crippen LogP contribution is 2.23. The lowest BCUT2D eigenvalue weighted by atomic mass is 10.2. The number of halogens is 1. The van der Waals surface area contributed by atoms with Gasteiger partial charge in [0, 0.05) is 10.2 Å². The largest absolute Gasteiger partial charge is 0.465 e. The lowest BCUT2D eigenvalue weighted by molar-refractivity contribution is 0.0596. The summed E-state index contributed by atoms with van der Waals surface area (Å²) < 4.78 is 32.4. The fraction of sp³-hybridized carbons (Fsp3) is 0.167. The maximum atomic E-state index is 12.3. The Labute approximate surface area is 129 Å². The number of benzene rings is 1. The van der Waals surface area contributed by atoms with Crippen molar-refractivity contribution in [2.45, 2.75) is 11.9 Å². The van der Waals surface area contributed by atoms with E-state index in [0.717, 1.165) is 23.3 Å². The summed E-state index contributed by atoms with van der Waals surface area (Å²) in [7, 11) is -2.81. The molecule has 0 saturated carbocycles. The van der Waals surface area contributed by atoms with E-state index in [1.807, 2.05) is 6.92 Å². The van der Waals surface area contributed by atoms with Crippen molar-refractivity contribution in [1.29, 1.82) is 0 Å². The number of anilines is 1. The van der Waals surface area contributed by atoms with Crippen LogP contribution in [0.4, 0.5) is 5.69 Å². The molecule has 0 bridgehead atoms. The van der Waals surface area contributed by atoms with Crippen LogP contribution >= 0.6 is 15.9 Å². The summed E-state index contributed by atoms with van der Waals surface area (Å²) in [5.41, 5.74) is 1.09. The summed E-state index contributed by atoms with van der Waals surface area (Å²) in [6.07, 6.45) is 1.10. The van der Waals surface area contributed by atoms with Crippen molar-refractivity contribution in [2.24, 2.45) is 0 Å². The van der Waals surface area contributed by atoms with Crippen LogP contribution in [0.2, 0.25) is 0 Å². The number of nitrogens with one attached hydrogen (secondary N) is 2. The number of nitrogens with zero attached hydrogens (tertiary/aromatic N) is 1. The van der Waals surface area contributed by atoms with Crippen molar-refractivity contribution in [3.05, 3.63) is 40.0 Å². The van der Waals surface area contributed by atoms with Crippen molar-refractivity contribution in [2.75, 3.05) is 11.8 Å². The molecular weight excluding hydrogens is 362 g/mol. The predicted molar refractivity (Wildman–Crippen MR) is 79.6 cm³/mol. The third kappa shape index (κ3) is 3.24. The number of methoxy groups -OCH3 is 1. The van der Waals surface area contributed by atoms with E-state index in [-0.39, 0.29) is 10.6 Å². The van der Waals surface area contributed by atoms with Crippen LogP contribution in [0.25, 0.3) is 0 Å². The van der Waals surface area contributed by atoms with E-state index < -0.39 is 16.0 Å². The van der Waals surface area contributed by atoms with Crippen molar-refractivity contribution in [3.8, 4) is 0 Å². The second kappa shape index (κ2) is 5.86. The number of hydrogen-bond acceptors (Lipinski definition) is 5. The highest BCUT2D eigenvalue weighted by Gasteiger charge is 2.25. The van der Waals surface area contributed by atoms with Crippen LogP contribution in [0.1, 0.15) is 15.9 Å². The molecule has 21 heavy (non-hydrogen) atoms. The number of H-pyrrole nitrogens is 1. The molecule has 0 aliphatic heterocycles.